The Morgan fingerprint density at radius 1 is 1.15 bits per heavy atom. The lowest BCUT2D eigenvalue weighted by Gasteiger charge is -2.20. The van der Waals surface area contributed by atoms with Gasteiger partial charge in [0, 0.05) is 9.72 Å². The van der Waals surface area contributed by atoms with Gasteiger partial charge in [0.05, 0.1) is 6.04 Å². The summed E-state index contributed by atoms with van der Waals surface area (Å²) >= 11 is 7.94. The summed E-state index contributed by atoms with van der Waals surface area (Å²) in [6.45, 7) is 3.05. The maximum absolute atomic E-state index is 6.15. The Hall–Kier alpha value is -1.35. The van der Waals surface area contributed by atoms with Crippen molar-refractivity contribution in [1.29, 1.82) is 0 Å². The molecule has 0 aliphatic carbocycles. The molecule has 0 spiro atoms. The molecule has 20 heavy (non-hydrogen) atoms. The highest BCUT2D eigenvalue weighted by atomic mass is 35.5. The van der Waals surface area contributed by atoms with Crippen LogP contribution in [0.15, 0.2) is 53.9 Å². The third-order valence-corrected chi connectivity index (χ3v) is 4.63. The van der Waals surface area contributed by atoms with Crippen LogP contribution in [0.4, 0.5) is 0 Å². The summed E-state index contributed by atoms with van der Waals surface area (Å²) in [7, 11) is 0. The van der Waals surface area contributed by atoms with E-state index in [2.05, 4.69) is 48.0 Å². The Morgan fingerprint density at radius 2 is 2.00 bits per heavy atom. The lowest BCUT2D eigenvalue weighted by atomic mass is 9.97. The van der Waals surface area contributed by atoms with Gasteiger partial charge in [0.25, 0.3) is 0 Å². The molecule has 1 N–H and O–H groups in total. The lowest BCUT2D eigenvalue weighted by molar-refractivity contribution is 0.635. The van der Waals surface area contributed by atoms with Crippen molar-refractivity contribution in [3.05, 3.63) is 70.1 Å². The van der Waals surface area contributed by atoms with Crippen LogP contribution in [0.25, 0.3) is 10.1 Å². The third kappa shape index (κ3) is 2.59. The highest BCUT2D eigenvalue weighted by Crippen LogP contribution is 2.33. The summed E-state index contributed by atoms with van der Waals surface area (Å²) in [5.74, 6) is 0. The van der Waals surface area contributed by atoms with Crippen molar-refractivity contribution in [1.82, 2.24) is 5.32 Å². The lowest BCUT2D eigenvalue weighted by Crippen LogP contribution is -2.22. The molecule has 0 amide bonds. The maximum Gasteiger partial charge on any atom is 0.0591 e. The molecule has 0 aliphatic rings. The second-order valence-corrected chi connectivity index (χ2v) is 6.08. The topological polar surface area (TPSA) is 12.0 Å². The second-order valence-electron chi connectivity index (χ2n) is 4.73. The fourth-order valence-corrected chi connectivity index (χ4v) is 3.68. The summed E-state index contributed by atoms with van der Waals surface area (Å²) in [6.07, 6.45) is 0. The van der Waals surface area contributed by atoms with Crippen LogP contribution in [-0.2, 0) is 0 Å². The summed E-state index contributed by atoms with van der Waals surface area (Å²) < 4.78 is 1.35. The summed E-state index contributed by atoms with van der Waals surface area (Å²) in [6, 6.07) is 16.9. The average Bonchev–Trinajstić information content (AvgIpc) is 2.93. The van der Waals surface area contributed by atoms with E-state index in [1.807, 2.05) is 18.2 Å². The molecule has 1 aromatic heterocycles. The van der Waals surface area contributed by atoms with Crippen LogP contribution >= 0.6 is 22.9 Å². The standard InChI is InChI=1S/C17H16ClNS/c1-2-19-16(13-6-3-7-14(18)11-13)15-8-4-5-12-9-10-20-17(12)15/h3-11,16,19H,2H2,1H3. The highest BCUT2D eigenvalue weighted by molar-refractivity contribution is 7.17. The zero-order valence-electron chi connectivity index (χ0n) is 11.3. The molecule has 0 bridgehead atoms. The van der Waals surface area contributed by atoms with E-state index in [-0.39, 0.29) is 6.04 Å². The molecular weight excluding hydrogens is 286 g/mol. The number of fused-ring (bicyclic) bond motifs is 1. The molecule has 1 atom stereocenters. The van der Waals surface area contributed by atoms with Crippen LogP contribution in [0.5, 0.6) is 0 Å². The molecule has 3 heteroatoms. The predicted molar refractivity (Wildman–Crippen MR) is 88.8 cm³/mol. The van der Waals surface area contributed by atoms with Crippen molar-refractivity contribution in [2.75, 3.05) is 6.54 Å². The molecule has 0 aliphatic heterocycles. The number of nitrogens with one attached hydrogen (secondary N) is 1. The molecule has 1 heterocycles. The molecule has 2 aromatic carbocycles. The number of thiophene rings is 1. The van der Waals surface area contributed by atoms with Gasteiger partial charge in [0.15, 0.2) is 0 Å². The van der Waals surface area contributed by atoms with Crippen LogP contribution in [0, 0.1) is 0 Å². The summed E-state index contributed by atoms with van der Waals surface area (Å²) in [5, 5.41) is 7.80. The monoisotopic (exact) mass is 301 g/mol. The average molecular weight is 302 g/mol. The van der Waals surface area contributed by atoms with Crippen molar-refractivity contribution < 1.29 is 0 Å². The summed E-state index contributed by atoms with van der Waals surface area (Å²) in [4.78, 5) is 0. The molecular formula is C17H16ClNS. The minimum absolute atomic E-state index is 0.182. The van der Waals surface area contributed by atoms with E-state index in [0.29, 0.717) is 0 Å². The molecule has 0 saturated heterocycles. The van der Waals surface area contributed by atoms with Crippen LogP contribution in [0.2, 0.25) is 5.02 Å². The summed E-state index contributed by atoms with van der Waals surface area (Å²) in [5.41, 5.74) is 2.53. The van der Waals surface area contributed by atoms with Gasteiger partial charge in [-0.25, -0.2) is 0 Å². The number of rotatable bonds is 4. The molecule has 0 fully saturated rings. The van der Waals surface area contributed by atoms with E-state index in [1.54, 1.807) is 11.3 Å². The van der Waals surface area contributed by atoms with Crippen molar-refractivity contribution in [2.24, 2.45) is 0 Å². The zero-order valence-corrected chi connectivity index (χ0v) is 12.8. The van der Waals surface area contributed by atoms with Gasteiger partial charge in [-0.05, 0) is 46.6 Å². The first-order valence-electron chi connectivity index (χ1n) is 6.74. The van der Waals surface area contributed by atoms with E-state index in [9.17, 15) is 0 Å². The number of hydrogen-bond donors (Lipinski definition) is 1. The number of benzene rings is 2. The van der Waals surface area contributed by atoms with Crippen LogP contribution < -0.4 is 5.32 Å². The number of hydrogen-bond acceptors (Lipinski definition) is 2. The van der Waals surface area contributed by atoms with Crippen LogP contribution in [0.1, 0.15) is 24.1 Å². The van der Waals surface area contributed by atoms with E-state index < -0.39 is 0 Å². The SMILES string of the molecule is CCNC(c1cccc(Cl)c1)c1cccc2ccsc12. The Kier molecular flexibility index (Phi) is 4.06. The van der Waals surface area contributed by atoms with Crippen molar-refractivity contribution in [3.8, 4) is 0 Å². The van der Waals surface area contributed by atoms with Gasteiger partial charge in [-0.2, -0.15) is 0 Å². The Bertz CT molecular complexity index is 720. The van der Waals surface area contributed by atoms with E-state index in [1.165, 1.54) is 21.2 Å². The predicted octanol–water partition coefficient (Wildman–Crippen LogP) is 5.25. The van der Waals surface area contributed by atoms with Crippen molar-refractivity contribution in [3.63, 3.8) is 0 Å². The molecule has 0 radical (unpaired) electrons. The van der Waals surface area contributed by atoms with Crippen molar-refractivity contribution in [2.45, 2.75) is 13.0 Å². The molecule has 3 rings (SSSR count). The minimum Gasteiger partial charge on any atom is -0.306 e. The van der Waals surface area contributed by atoms with Gasteiger partial charge in [-0.1, -0.05) is 48.9 Å². The first-order chi connectivity index (χ1) is 9.79. The third-order valence-electron chi connectivity index (χ3n) is 3.41. The van der Waals surface area contributed by atoms with Gasteiger partial charge in [-0.3, -0.25) is 0 Å². The van der Waals surface area contributed by atoms with Crippen molar-refractivity contribution >= 4 is 33.0 Å². The molecule has 3 aromatic rings. The van der Waals surface area contributed by atoms with Gasteiger partial charge < -0.3 is 5.32 Å². The minimum atomic E-state index is 0.182. The normalized spacial score (nSPS) is 12.7. The van der Waals surface area contributed by atoms with Gasteiger partial charge in [0.2, 0.25) is 0 Å². The second kappa shape index (κ2) is 5.96. The Labute approximate surface area is 128 Å². The molecule has 1 nitrogen and oxygen atoms in total. The fourth-order valence-electron chi connectivity index (χ4n) is 2.54. The van der Waals surface area contributed by atoms with Gasteiger partial charge in [-0.15, -0.1) is 11.3 Å². The van der Waals surface area contributed by atoms with Crippen LogP contribution in [0.3, 0.4) is 0 Å². The zero-order chi connectivity index (χ0) is 13.9. The smallest absolute Gasteiger partial charge is 0.0591 e. The first kappa shape index (κ1) is 13.6. The highest BCUT2D eigenvalue weighted by Gasteiger charge is 2.16. The number of halogens is 1. The molecule has 0 saturated carbocycles. The van der Waals surface area contributed by atoms with E-state index in [0.717, 1.165) is 11.6 Å². The maximum atomic E-state index is 6.15. The van der Waals surface area contributed by atoms with E-state index >= 15 is 0 Å². The van der Waals surface area contributed by atoms with Gasteiger partial charge >= 0.3 is 0 Å². The Morgan fingerprint density at radius 3 is 2.80 bits per heavy atom. The van der Waals surface area contributed by atoms with E-state index in [4.69, 9.17) is 11.6 Å². The quantitative estimate of drug-likeness (QED) is 0.693. The molecule has 102 valence electrons. The Balaban J connectivity index is 2.13. The van der Waals surface area contributed by atoms with Crippen LogP contribution in [-0.4, -0.2) is 6.54 Å². The largest absolute Gasteiger partial charge is 0.306 e. The fraction of sp³-hybridized carbons (Fsp3) is 0.176. The van der Waals surface area contributed by atoms with Gasteiger partial charge in [0.1, 0.15) is 0 Å². The molecule has 1 unspecified atom stereocenters. The first-order valence-corrected chi connectivity index (χ1v) is 8.00.